The molecule has 1 atom stereocenters. The van der Waals surface area contributed by atoms with Crippen LogP contribution < -0.4 is 14.8 Å². The topological polar surface area (TPSA) is 33.7 Å². The van der Waals surface area contributed by atoms with Gasteiger partial charge >= 0.3 is 0 Å². The highest BCUT2D eigenvalue weighted by molar-refractivity contribution is 5.47. The number of aryl methyl sites for hydroxylation is 1. The van der Waals surface area contributed by atoms with Gasteiger partial charge in [-0.25, -0.2) is 0 Å². The number of rotatable bonds is 8. The van der Waals surface area contributed by atoms with E-state index in [-0.39, 0.29) is 0 Å². The van der Waals surface area contributed by atoms with E-state index in [1.165, 1.54) is 49.2 Å². The normalized spacial score (nSPS) is 23.6. The molecule has 1 unspecified atom stereocenters. The van der Waals surface area contributed by atoms with Gasteiger partial charge in [0.15, 0.2) is 11.5 Å². The van der Waals surface area contributed by atoms with Crippen LogP contribution in [0.15, 0.2) is 42.5 Å². The summed E-state index contributed by atoms with van der Waals surface area (Å²) in [5, 5.41) is 3.81. The Bertz CT molecular complexity index is 767. The Balaban J connectivity index is 1.46. The first kappa shape index (κ1) is 19.3. The van der Waals surface area contributed by atoms with Crippen LogP contribution in [-0.4, -0.2) is 37.2 Å². The van der Waals surface area contributed by atoms with Crippen LogP contribution in [0.2, 0.25) is 0 Å². The molecule has 3 aliphatic heterocycles. The molecule has 0 saturated carbocycles. The fourth-order valence-corrected chi connectivity index (χ4v) is 4.41. The van der Waals surface area contributed by atoms with E-state index in [4.69, 9.17) is 9.47 Å². The summed E-state index contributed by atoms with van der Waals surface area (Å²) < 4.78 is 12.1. The third-order valence-corrected chi connectivity index (χ3v) is 6.07. The molecule has 0 spiro atoms. The maximum Gasteiger partial charge on any atom is 0.166 e. The molecule has 3 heterocycles. The van der Waals surface area contributed by atoms with Crippen molar-refractivity contribution in [1.82, 2.24) is 10.2 Å². The predicted molar refractivity (Wildman–Crippen MR) is 113 cm³/mol. The second kappa shape index (κ2) is 8.97. The molecule has 3 saturated heterocycles. The first-order chi connectivity index (χ1) is 13.7. The number of hydrogen-bond donors (Lipinski definition) is 1. The number of para-hydroxylation sites is 1. The lowest BCUT2D eigenvalue weighted by Gasteiger charge is -2.45. The summed E-state index contributed by atoms with van der Waals surface area (Å²) in [5.74, 6) is 2.53. The summed E-state index contributed by atoms with van der Waals surface area (Å²) >= 11 is 0. The number of hydrogen-bond acceptors (Lipinski definition) is 4. The molecular weight excluding hydrogens is 348 g/mol. The minimum Gasteiger partial charge on any atom is -0.490 e. The Morgan fingerprint density at radius 1 is 1.04 bits per heavy atom. The van der Waals surface area contributed by atoms with Crippen molar-refractivity contribution < 1.29 is 9.47 Å². The van der Waals surface area contributed by atoms with Gasteiger partial charge in [-0.3, -0.25) is 0 Å². The van der Waals surface area contributed by atoms with Crippen LogP contribution in [0.5, 0.6) is 11.5 Å². The Kier molecular flexibility index (Phi) is 6.18. The van der Waals surface area contributed by atoms with E-state index in [2.05, 4.69) is 53.5 Å². The number of ether oxygens (including phenoxy) is 2. The molecule has 2 bridgehead atoms. The average molecular weight is 381 g/mol. The Hall–Kier alpha value is -2.04. The number of fused-ring (bicyclic) bond motifs is 3. The molecule has 4 nitrogen and oxygen atoms in total. The molecule has 5 rings (SSSR count). The minimum atomic E-state index is 0.553. The van der Waals surface area contributed by atoms with Crippen LogP contribution in [0.4, 0.5) is 0 Å². The van der Waals surface area contributed by atoms with Gasteiger partial charge in [-0.1, -0.05) is 42.0 Å². The quantitative estimate of drug-likeness (QED) is 0.746. The lowest BCUT2D eigenvalue weighted by atomic mass is 9.84. The van der Waals surface area contributed by atoms with Gasteiger partial charge in [0, 0.05) is 24.7 Å². The highest BCUT2D eigenvalue weighted by atomic mass is 16.5. The van der Waals surface area contributed by atoms with E-state index in [1.807, 2.05) is 13.0 Å². The monoisotopic (exact) mass is 380 g/mol. The smallest absolute Gasteiger partial charge is 0.166 e. The fraction of sp³-hybridized carbons (Fsp3) is 0.500. The molecule has 3 aliphatic rings. The van der Waals surface area contributed by atoms with Crippen LogP contribution in [0.1, 0.15) is 36.5 Å². The zero-order chi connectivity index (χ0) is 19.3. The number of nitrogens with zero attached hydrogens (tertiary/aromatic N) is 1. The van der Waals surface area contributed by atoms with Gasteiger partial charge in [0.2, 0.25) is 0 Å². The number of benzene rings is 2. The number of piperidine rings is 3. The van der Waals surface area contributed by atoms with Gasteiger partial charge in [-0.2, -0.15) is 0 Å². The Labute approximate surface area is 168 Å². The van der Waals surface area contributed by atoms with E-state index >= 15 is 0 Å². The van der Waals surface area contributed by atoms with Crippen molar-refractivity contribution in [1.29, 1.82) is 0 Å². The van der Waals surface area contributed by atoms with Gasteiger partial charge in [-0.05, 0) is 57.3 Å². The highest BCUT2D eigenvalue weighted by Gasteiger charge is 2.33. The van der Waals surface area contributed by atoms with E-state index in [1.54, 1.807) is 0 Å². The van der Waals surface area contributed by atoms with Crippen LogP contribution >= 0.6 is 0 Å². The molecule has 0 aromatic heterocycles. The maximum atomic E-state index is 6.27. The van der Waals surface area contributed by atoms with Crippen molar-refractivity contribution in [2.45, 2.75) is 45.9 Å². The Morgan fingerprint density at radius 2 is 1.82 bits per heavy atom. The van der Waals surface area contributed by atoms with Crippen LogP contribution in [0.25, 0.3) is 0 Å². The highest BCUT2D eigenvalue weighted by Crippen LogP contribution is 2.33. The van der Waals surface area contributed by atoms with Crippen molar-refractivity contribution >= 4 is 0 Å². The van der Waals surface area contributed by atoms with Gasteiger partial charge in [0.25, 0.3) is 0 Å². The molecule has 1 N–H and O–H groups in total. The maximum absolute atomic E-state index is 6.27. The largest absolute Gasteiger partial charge is 0.490 e. The molecule has 0 radical (unpaired) electrons. The molecular formula is C24H32N2O2. The molecule has 0 aliphatic carbocycles. The van der Waals surface area contributed by atoms with Gasteiger partial charge < -0.3 is 19.7 Å². The van der Waals surface area contributed by atoms with Gasteiger partial charge in [0.05, 0.1) is 6.61 Å². The average Bonchev–Trinajstić information content (AvgIpc) is 2.74. The standard InChI is InChI=1S/C24H32N2O2/c1-3-27-23-6-4-5-21(15-25-22-16-26-13-11-20(22)12-14-26)24(23)28-17-19-9-7-18(2)8-10-19/h4-10,20,22,25H,3,11-17H2,1-2H3. The van der Waals surface area contributed by atoms with Gasteiger partial charge in [-0.15, -0.1) is 0 Å². The lowest BCUT2D eigenvalue weighted by molar-refractivity contribution is 0.0718. The van der Waals surface area contributed by atoms with Crippen LogP contribution in [-0.2, 0) is 13.2 Å². The number of nitrogens with one attached hydrogen (secondary N) is 1. The second-order valence-corrected chi connectivity index (χ2v) is 8.08. The molecule has 28 heavy (non-hydrogen) atoms. The summed E-state index contributed by atoms with van der Waals surface area (Å²) in [6.45, 7) is 9.85. The summed E-state index contributed by atoms with van der Waals surface area (Å²) in [6, 6.07) is 15.3. The van der Waals surface area contributed by atoms with E-state index in [0.717, 1.165) is 24.0 Å². The summed E-state index contributed by atoms with van der Waals surface area (Å²) in [7, 11) is 0. The predicted octanol–water partition coefficient (Wildman–Crippen LogP) is 4.16. The first-order valence-electron chi connectivity index (χ1n) is 10.6. The second-order valence-electron chi connectivity index (χ2n) is 8.08. The molecule has 2 aromatic carbocycles. The molecule has 3 fully saturated rings. The zero-order valence-electron chi connectivity index (χ0n) is 17.1. The summed E-state index contributed by atoms with van der Waals surface area (Å²) in [4.78, 5) is 2.59. The Morgan fingerprint density at radius 3 is 2.50 bits per heavy atom. The van der Waals surface area contributed by atoms with Crippen LogP contribution in [0.3, 0.4) is 0 Å². The molecule has 150 valence electrons. The van der Waals surface area contributed by atoms with Crippen molar-refractivity contribution in [2.75, 3.05) is 26.2 Å². The van der Waals surface area contributed by atoms with E-state index < -0.39 is 0 Å². The zero-order valence-corrected chi connectivity index (χ0v) is 17.1. The lowest BCUT2D eigenvalue weighted by Crippen LogP contribution is -2.55. The van der Waals surface area contributed by atoms with E-state index in [9.17, 15) is 0 Å². The molecule has 4 heteroatoms. The minimum absolute atomic E-state index is 0.553. The molecule has 2 aromatic rings. The van der Waals surface area contributed by atoms with Crippen molar-refractivity contribution in [3.8, 4) is 11.5 Å². The van der Waals surface area contributed by atoms with Crippen molar-refractivity contribution in [3.05, 3.63) is 59.2 Å². The van der Waals surface area contributed by atoms with Crippen molar-refractivity contribution in [3.63, 3.8) is 0 Å². The van der Waals surface area contributed by atoms with Crippen molar-refractivity contribution in [2.24, 2.45) is 5.92 Å². The van der Waals surface area contributed by atoms with Crippen LogP contribution in [0, 0.1) is 12.8 Å². The van der Waals surface area contributed by atoms with E-state index in [0.29, 0.717) is 19.3 Å². The van der Waals surface area contributed by atoms with Gasteiger partial charge in [0.1, 0.15) is 6.61 Å². The molecule has 0 amide bonds. The third-order valence-electron chi connectivity index (χ3n) is 6.07. The first-order valence-corrected chi connectivity index (χ1v) is 10.6. The summed E-state index contributed by atoms with van der Waals surface area (Å²) in [6.07, 6.45) is 2.65. The third kappa shape index (κ3) is 4.50. The fourth-order valence-electron chi connectivity index (χ4n) is 4.41. The summed E-state index contributed by atoms with van der Waals surface area (Å²) in [5.41, 5.74) is 3.61. The SMILES string of the molecule is CCOc1cccc(CNC2CN3CCC2CC3)c1OCc1ccc(C)cc1.